The summed E-state index contributed by atoms with van der Waals surface area (Å²) in [5.41, 5.74) is 4.11. The minimum absolute atomic E-state index is 0.287. The molecular weight excluding hydrogens is 307 g/mol. The molecule has 1 unspecified atom stereocenters. The molecule has 1 N–H and O–H groups in total. The fourth-order valence-electron chi connectivity index (χ4n) is 2.13. The highest BCUT2D eigenvalue weighted by molar-refractivity contribution is 9.10. The summed E-state index contributed by atoms with van der Waals surface area (Å²) in [6.07, 6.45) is -0.0966. The van der Waals surface area contributed by atoms with Crippen LogP contribution in [0.4, 0.5) is 4.39 Å². The molecule has 100 valence electrons. The fraction of sp³-hybridized carbons (Fsp3) is 0.250. The molecule has 1 atom stereocenters. The second-order valence-corrected chi connectivity index (χ2v) is 5.61. The number of aliphatic hydroxyl groups excluding tert-OH is 1. The van der Waals surface area contributed by atoms with E-state index in [-0.39, 0.29) is 5.82 Å². The average molecular weight is 323 g/mol. The molecule has 0 aliphatic carbocycles. The molecule has 0 aliphatic rings. The van der Waals surface area contributed by atoms with E-state index >= 15 is 0 Å². The molecule has 0 radical (unpaired) electrons. The van der Waals surface area contributed by atoms with Crippen molar-refractivity contribution >= 4 is 15.9 Å². The predicted molar refractivity (Wildman–Crippen MR) is 78.7 cm³/mol. The van der Waals surface area contributed by atoms with Gasteiger partial charge in [0.25, 0.3) is 0 Å². The highest BCUT2D eigenvalue weighted by atomic mass is 79.9. The first-order valence-electron chi connectivity index (χ1n) is 6.17. The van der Waals surface area contributed by atoms with E-state index in [1.807, 2.05) is 32.0 Å². The molecule has 0 fully saturated rings. The van der Waals surface area contributed by atoms with Crippen LogP contribution in [0.25, 0.3) is 0 Å². The summed E-state index contributed by atoms with van der Waals surface area (Å²) in [5, 5.41) is 10.3. The monoisotopic (exact) mass is 322 g/mol. The number of aryl methyl sites for hydroxylation is 1. The number of halogens is 2. The van der Waals surface area contributed by atoms with E-state index in [0.29, 0.717) is 10.9 Å². The standard InChI is InChI=1S/C16H16BrFO/c1-10-4-3-5-13(11(10)2)16(19)9-12-6-7-15(18)14(17)8-12/h3-8,16,19H,9H2,1-2H3. The molecule has 0 heterocycles. The van der Waals surface area contributed by atoms with Gasteiger partial charge in [0, 0.05) is 6.42 Å². The van der Waals surface area contributed by atoms with Crippen LogP contribution in [0.5, 0.6) is 0 Å². The van der Waals surface area contributed by atoms with Crippen LogP contribution in [0.2, 0.25) is 0 Å². The van der Waals surface area contributed by atoms with Gasteiger partial charge < -0.3 is 5.11 Å². The van der Waals surface area contributed by atoms with Gasteiger partial charge in [-0.1, -0.05) is 24.3 Å². The summed E-state index contributed by atoms with van der Waals surface area (Å²) >= 11 is 3.16. The lowest BCUT2D eigenvalue weighted by Crippen LogP contribution is -2.05. The van der Waals surface area contributed by atoms with E-state index in [9.17, 15) is 9.50 Å². The van der Waals surface area contributed by atoms with Crippen LogP contribution < -0.4 is 0 Å². The number of benzene rings is 2. The van der Waals surface area contributed by atoms with Crippen molar-refractivity contribution in [2.24, 2.45) is 0 Å². The maximum atomic E-state index is 13.2. The molecular formula is C16H16BrFO. The van der Waals surface area contributed by atoms with E-state index in [0.717, 1.165) is 22.3 Å². The van der Waals surface area contributed by atoms with Gasteiger partial charge in [-0.2, -0.15) is 0 Å². The van der Waals surface area contributed by atoms with Crippen LogP contribution in [-0.2, 0) is 6.42 Å². The molecule has 2 aromatic carbocycles. The van der Waals surface area contributed by atoms with Crippen molar-refractivity contribution in [1.82, 2.24) is 0 Å². The predicted octanol–water partition coefficient (Wildman–Crippen LogP) is 4.48. The third kappa shape index (κ3) is 3.23. The zero-order valence-corrected chi connectivity index (χ0v) is 12.5. The Morgan fingerprint density at radius 1 is 1.21 bits per heavy atom. The number of aliphatic hydroxyl groups is 1. The molecule has 0 amide bonds. The van der Waals surface area contributed by atoms with Gasteiger partial charge >= 0.3 is 0 Å². The maximum absolute atomic E-state index is 13.2. The van der Waals surface area contributed by atoms with Crippen LogP contribution in [0.3, 0.4) is 0 Å². The average Bonchev–Trinajstić information content (AvgIpc) is 2.37. The topological polar surface area (TPSA) is 20.2 Å². The molecule has 0 saturated heterocycles. The van der Waals surface area contributed by atoms with E-state index < -0.39 is 6.10 Å². The first-order valence-corrected chi connectivity index (χ1v) is 6.96. The van der Waals surface area contributed by atoms with Crippen LogP contribution >= 0.6 is 15.9 Å². The third-order valence-electron chi connectivity index (χ3n) is 3.42. The summed E-state index contributed by atoms with van der Waals surface area (Å²) < 4.78 is 13.6. The highest BCUT2D eigenvalue weighted by Gasteiger charge is 2.13. The second kappa shape index (κ2) is 5.85. The third-order valence-corrected chi connectivity index (χ3v) is 4.03. The van der Waals surface area contributed by atoms with Gasteiger partial charge in [-0.25, -0.2) is 4.39 Å². The smallest absolute Gasteiger partial charge is 0.137 e. The van der Waals surface area contributed by atoms with Crippen molar-refractivity contribution in [2.75, 3.05) is 0 Å². The number of rotatable bonds is 3. The van der Waals surface area contributed by atoms with Crippen LogP contribution in [0.1, 0.15) is 28.4 Å². The molecule has 1 nitrogen and oxygen atoms in total. The van der Waals surface area contributed by atoms with E-state index in [4.69, 9.17) is 0 Å². The van der Waals surface area contributed by atoms with Crippen molar-refractivity contribution in [2.45, 2.75) is 26.4 Å². The van der Waals surface area contributed by atoms with Gasteiger partial charge in [0.1, 0.15) is 5.82 Å². The van der Waals surface area contributed by atoms with Gasteiger partial charge in [-0.05, 0) is 64.2 Å². The Morgan fingerprint density at radius 3 is 2.63 bits per heavy atom. The lowest BCUT2D eigenvalue weighted by atomic mass is 9.95. The molecule has 0 bridgehead atoms. The quantitative estimate of drug-likeness (QED) is 0.883. The van der Waals surface area contributed by atoms with Crippen molar-refractivity contribution in [3.8, 4) is 0 Å². The van der Waals surface area contributed by atoms with Gasteiger partial charge in [-0.15, -0.1) is 0 Å². The largest absolute Gasteiger partial charge is 0.388 e. The maximum Gasteiger partial charge on any atom is 0.137 e. The SMILES string of the molecule is Cc1cccc(C(O)Cc2ccc(F)c(Br)c2)c1C. The molecule has 3 heteroatoms. The second-order valence-electron chi connectivity index (χ2n) is 4.76. The zero-order chi connectivity index (χ0) is 14.0. The van der Waals surface area contributed by atoms with Gasteiger partial charge in [-0.3, -0.25) is 0 Å². The van der Waals surface area contributed by atoms with E-state index in [2.05, 4.69) is 15.9 Å². The molecule has 2 aromatic rings. The summed E-state index contributed by atoms with van der Waals surface area (Å²) in [4.78, 5) is 0. The lowest BCUT2D eigenvalue weighted by Gasteiger charge is -2.15. The fourth-order valence-corrected chi connectivity index (χ4v) is 2.56. The van der Waals surface area contributed by atoms with E-state index in [1.54, 1.807) is 12.1 Å². The summed E-state index contributed by atoms with van der Waals surface area (Å²) in [6, 6.07) is 10.7. The molecule has 0 spiro atoms. The Labute approximate surface area is 121 Å². The lowest BCUT2D eigenvalue weighted by molar-refractivity contribution is 0.177. The van der Waals surface area contributed by atoms with Gasteiger partial charge in [0.15, 0.2) is 0 Å². The highest BCUT2D eigenvalue weighted by Crippen LogP contribution is 2.25. The van der Waals surface area contributed by atoms with Gasteiger partial charge in [0.05, 0.1) is 10.6 Å². The minimum Gasteiger partial charge on any atom is -0.388 e. The van der Waals surface area contributed by atoms with Crippen molar-refractivity contribution in [1.29, 1.82) is 0 Å². The number of hydrogen-bond acceptors (Lipinski definition) is 1. The Balaban J connectivity index is 2.23. The number of hydrogen-bond donors (Lipinski definition) is 1. The summed E-state index contributed by atoms with van der Waals surface area (Å²) in [7, 11) is 0. The molecule has 0 aliphatic heterocycles. The minimum atomic E-state index is -0.572. The normalized spacial score (nSPS) is 12.5. The van der Waals surface area contributed by atoms with Crippen LogP contribution in [0.15, 0.2) is 40.9 Å². The summed E-state index contributed by atoms with van der Waals surface area (Å²) in [5.74, 6) is -0.287. The zero-order valence-electron chi connectivity index (χ0n) is 11.0. The van der Waals surface area contributed by atoms with Crippen molar-refractivity contribution < 1.29 is 9.50 Å². The molecule has 0 saturated carbocycles. The van der Waals surface area contributed by atoms with Crippen LogP contribution in [0, 0.1) is 19.7 Å². The van der Waals surface area contributed by atoms with Gasteiger partial charge in [0.2, 0.25) is 0 Å². The van der Waals surface area contributed by atoms with Crippen molar-refractivity contribution in [3.63, 3.8) is 0 Å². The molecule has 2 rings (SSSR count). The summed E-state index contributed by atoms with van der Waals surface area (Å²) in [6.45, 7) is 4.04. The first-order chi connectivity index (χ1) is 8.99. The molecule has 0 aromatic heterocycles. The van der Waals surface area contributed by atoms with E-state index in [1.165, 1.54) is 6.07 Å². The Hall–Kier alpha value is -1.19. The molecule has 19 heavy (non-hydrogen) atoms. The Kier molecular flexibility index (Phi) is 4.38. The van der Waals surface area contributed by atoms with Crippen LogP contribution in [-0.4, -0.2) is 5.11 Å². The Morgan fingerprint density at radius 2 is 1.95 bits per heavy atom. The van der Waals surface area contributed by atoms with Crippen molar-refractivity contribution in [3.05, 3.63) is 68.9 Å². The first kappa shape index (κ1) is 14.2. The Bertz CT molecular complexity index is 595.